The van der Waals surface area contributed by atoms with E-state index in [9.17, 15) is 0 Å². The van der Waals surface area contributed by atoms with Crippen LogP contribution >= 0.6 is 0 Å². The molecule has 0 aromatic rings. The Morgan fingerprint density at radius 1 is 0.727 bits per heavy atom. The van der Waals surface area contributed by atoms with Gasteiger partial charge in [0.1, 0.15) is 0 Å². The van der Waals surface area contributed by atoms with E-state index in [0.29, 0.717) is 0 Å². The maximum atomic E-state index is 5.75. The highest BCUT2D eigenvalue weighted by atomic mass is 16.7. The smallest absolute Gasteiger partial charge is 0.157 e. The molecular formula is C20H38O2. The fourth-order valence-electron chi connectivity index (χ4n) is 2.21. The van der Waals surface area contributed by atoms with Crippen LogP contribution in [0.5, 0.6) is 0 Å². The first-order valence-electron chi connectivity index (χ1n) is 9.39. The van der Waals surface area contributed by atoms with Gasteiger partial charge in [-0.1, -0.05) is 64.3 Å². The van der Waals surface area contributed by atoms with Gasteiger partial charge >= 0.3 is 0 Å². The number of hydrogen-bond acceptors (Lipinski definition) is 2. The summed E-state index contributed by atoms with van der Waals surface area (Å²) in [7, 11) is 0. The van der Waals surface area contributed by atoms with Crippen molar-refractivity contribution in [3.05, 3.63) is 24.3 Å². The minimum atomic E-state index is 0.0215. The molecule has 22 heavy (non-hydrogen) atoms. The number of rotatable bonds is 16. The lowest BCUT2D eigenvalue weighted by Crippen LogP contribution is -2.18. The van der Waals surface area contributed by atoms with Crippen molar-refractivity contribution < 1.29 is 9.47 Å². The molecule has 0 aromatic carbocycles. The molecule has 0 amide bonds. The minimum Gasteiger partial charge on any atom is -0.353 e. The molecule has 0 radical (unpaired) electrons. The Kier molecular flexibility index (Phi) is 17.9. The maximum absolute atomic E-state index is 5.75. The molecule has 0 spiro atoms. The van der Waals surface area contributed by atoms with Crippen molar-refractivity contribution >= 4 is 0 Å². The summed E-state index contributed by atoms with van der Waals surface area (Å²) in [5.74, 6) is 0. The second-order valence-electron chi connectivity index (χ2n) is 5.78. The number of hydrogen-bond donors (Lipinski definition) is 0. The van der Waals surface area contributed by atoms with Crippen LogP contribution in [0.4, 0.5) is 0 Å². The van der Waals surface area contributed by atoms with Crippen LogP contribution < -0.4 is 0 Å². The van der Waals surface area contributed by atoms with Gasteiger partial charge < -0.3 is 9.47 Å². The van der Waals surface area contributed by atoms with E-state index in [1.54, 1.807) is 0 Å². The van der Waals surface area contributed by atoms with Crippen molar-refractivity contribution in [2.24, 2.45) is 0 Å². The topological polar surface area (TPSA) is 18.5 Å². The molecule has 0 rings (SSSR count). The molecule has 0 saturated heterocycles. The summed E-state index contributed by atoms with van der Waals surface area (Å²) in [5.41, 5.74) is 0. The first kappa shape index (κ1) is 21.4. The summed E-state index contributed by atoms with van der Waals surface area (Å²) < 4.78 is 11.5. The van der Waals surface area contributed by atoms with E-state index in [-0.39, 0.29) is 6.29 Å². The SMILES string of the molecule is CCC=CC=CCCCCCCCC(OCCC)OCCC. The third-order valence-corrected chi connectivity index (χ3v) is 3.45. The highest BCUT2D eigenvalue weighted by Crippen LogP contribution is 2.12. The van der Waals surface area contributed by atoms with Gasteiger partial charge in [0, 0.05) is 13.2 Å². The second-order valence-corrected chi connectivity index (χ2v) is 5.78. The molecule has 2 heteroatoms. The van der Waals surface area contributed by atoms with E-state index in [1.165, 1.54) is 38.5 Å². The van der Waals surface area contributed by atoms with Crippen LogP contribution in [0.15, 0.2) is 24.3 Å². The van der Waals surface area contributed by atoms with E-state index in [4.69, 9.17) is 9.47 Å². The first-order valence-corrected chi connectivity index (χ1v) is 9.39. The lowest BCUT2D eigenvalue weighted by atomic mass is 10.1. The zero-order valence-electron chi connectivity index (χ0n) is 15.2. The van der Waals surface area contributed by atoms with Gasteiger partial charge in [-0.3, -0.25) is 0 Å². The number of allylic oxidation sites excluding steroid dienone is 4. The third-order valence-electron chi connectivity index (χ3n) is 3.45. The molecule has 0 unspecified atom stereocenters. The van der Waals surface area contributed by atoms with Crippen molar-refractivity contribution in [2.45, 2.75) is 91.3 Å². The molecule has 0 aliphatic carbocycles. The Bertz CT molecular complexity index is 250. The molecule has 0 fully saturated rings. The molecule has 0 aliphatic heterocycles. The molecule has 0 atom stereocenters. The third kappa shape index (κ3) is 15.8. The van der Waals surface area contributed by atoms with Crippen LogP contribution in [-0.2, 0) is 9.47 Å². The summed E-state index contributed by atoms with van der Waals surface area (Å²) in [4.78, 5) is 0. The Morgan fingerprint density at radius 3 is 1.95 bits per heavy atom. The predicted molar refractivity (Wildman–Crippen MR) is 97.2 cm³/mol. The molecule has 0 bridgehead atoms. The van der Waals surface area contributed by atoms with Gasteiger partial charge in [0.25, 0.3) is 0 Å². The second kappa shape index (κ2) is 18.4. The number of unbranched alkanes of at least 4 members (excludes halogenated alkanes) is 5. The van der Waals surface area contributed by atoms with E-state index in [2.05, 4.69) is 45.1 Å². The molecular weight excluding hydrogens is 272 g/mol. The van der Waals surface area contributed by atoms with Crippen LogP contribution in [0.3, 0.4) is 0 Å². The van der Waals surface area contributed by atoms with Gasteiger partial charge in [0.2, 0.25) is 0 Å². The minimum absolute atomic E-state index is 0.0215. The van der Waals surface area contributed by atoms with Crippen molar-refractivity contribution in [2.75, 3.05) is 13.2 Å². The van der Waals surface area contributed by atoms with Crippen molar-refractivity contribution in [1.29, 1.82) is 0 Å². The lowest BCUT2D eigenvalue weighted by Gasteiger charge is -2.18. The Hall–Kier alpha value is -0.600. The van der Waals surface area contributed by atoms with Gasteiger partial charge in [-0.15, -0.1) is 0 Å². The zero-order valence-corrected chi connectivity index (χ0v) is 15.2. The number of ether oxygens (including phenoxy) is 2. The average molecular weight is 311 g/mol. The van der Waals surface area contributed by atoms with Crippen LogP contribution in [0.25, 0.3) is 0 Å². The normalized spacial score (nSPS) is 12.2. The fourth-order valence-corrected chi connectivity index (χ4v) is 2.21. The first-order chi connectivity index (χ1) is 10.8. The summed E-state index contributed by atoms with van der Waals surface area (Å²) in [6.07, 6.45) is 20.8. The maximum Gasteiger partial charge on any atom is 0.157 e. The van der Waals surface area contributed by atoms with Gasteiger partial charge in [-0.05, 0) is 44.9 Å². The molecule has 0 aromatic heterocycles. The molecule has 130 valence electrons. The van der Waals surface area contributed by atoms with Crippen molar-refractivity contribution in [3.63, 3.8) is 0 Å². The average Bonchev–Trinajstić information content (AvgIpc) is 2.54. The van der Waals surface area contributed by atoms with Gasteiger partial charge in [-0.2, -0.15) is 0 Å². The summed E-state index contributed by atoms with van der Waals surface area (Å²) in [6, 6.07) is 0. The molecule has 2 nitrogen and oxygen atoms in total. The van der Waals surface area contributed by atoms with Crippen LogP contribution in [0.2, 0.25) is 0 Å². The monoisotopic (exact) mass is 310 g/mol. The van der Waals surface area contributed by atoms with E-state index >= 15 is 0 Å². The summed E-state index contributed by atoms with van der Waals surface area (Å²) in [6.45, 7) is 8.07. The molecule has 0 aliphatic rings. The summed E-state index contributed by atoms with van der Waals surface area (Å²) in [5, 5.41) is 0. The van der Waals surface area contributed by atoms with Gasteiger partial charge in [-0.25, -0.2) is 0 Å². The predicted octanol–water partition coefficient (Wildman–Crippen LogP) is 6.42. The lowest BCUT2D eigenvalue weighted by molar-refractivity contribution is -0.146. The Balaban J connectivity index is 3.47. The fraction of sp³-hybridized carbons (Fsp3) is 0.800. The standard InChI is InChI=1S/C20H38O2/c1-4-7-8-9-10-11-12-13-14-15-16-17-20(21-18-5-2)22-19-6-3/h7-10,20H,4-6,11-19H2,1-3H3. The van der Waals surface area contributed by atoms with E-state index < -0.39 is 0 Å². The van der Waals surface area contributed by atoms with E-state index in [1.807, 2.05) is 0 Å². The highest BCUT2D eigenvalue weighted by Gasteiger charge is 2.07. The zero-order chi connectivity index (χ0) is 16.3. The molecule has 0 heterocycles. The van der Waals surface area contributed by atoms with Gasteiger partial charge in [0.15, 0.2) is 6.29 Å². The molecule has 0 saturated carbocycles. The van der Waals surface area contributed by atoms with Crippen LogP contribution in [-0.4, -0.2) is 19.5 Å². The van der Waals surface area contributed by atoms with Crippen LogP contribution in [0, 0.1) is 0 Å². The van der Waals surface area contributed by atoms with Crippen LogP contribution in [0.1, 0.15) is 85.0 Å². The Morgan fingerprint density at radius 2 is 1.32 bits per heavy atom. The highest BCUT2D eigenvalue weighted by molar-refractivity contribution is 5.01. The van der Waals surface area contributed by atoms with Gasteiger partial charge in [0.05, 0.1) is 0 Å². The Labute approximate surface area is 139 Å². The largest absolute Gasteiger partial charge is 0.353 e. The molecule has 0 N–H and O–H groups in total. The van der Waals surface area contributed by atoms with Crippen molar-refractivity contribution in [1.82, 2.24) is 0 Å². The van der Waals surface area contributed by atoms with E-state index in [0.717, 1.165) is 38.9 Å². The summed E-state index contributed by atoms with van der Waals surface area (Å²) >= 11 is 0. The van der Waals surface area contributed by atoms with Crippen molar-refractivity contribution in [3.8, 4) is 0 Å². The quantitative estimate of drug-likeness (QED) is 0.186.